The molecule has 14 atom stereocenters. The molecular weight excluding hydrogens is 572 g/mol. The Balaban J connectivity index is 1.27. The Morgan fingerprint density at radius 3 is 2.27 bits per heavy atom. The Hall–Kier alpha value is -0.770. The summed E-state index contributed by atoms with van der Waals surface area (Å²) in [5.41, 5.74) is -0.258. The van der Waals surface area contributed by atoms with Crippen LogP contribution in [0.1, 0.15) is 114 Å². The SMILES string of the molecule is CC(=O)O[C@@H]([C@H]1CC(C)C2[C@@H](C[C@@]3(C)[C@@H]4CCC5C(C)(C)[C@@H](OC(CO)OCCO)CCC56[C@@H](C)[C@@]46CC[C@]23C)O1)C(C)(C)O. The maximum Gasteiger partial charge on any atom is 0.303 e. The van der Waals surface area contributed by atoms with Crippen LogP contribution in [0.5, 0.6) is 0 Å². The van der Waals surface area contributed by atoms with Gasteiger partial charge in [0.05, 0.1) is 43.7 Å². The van der Waals surface area contributed by atoms with Crippen molar-refractivity contribution in [3.05, 3.63) is 0 Å². The van der Waals surface area contributed by atoms with E-state index in [-0.39, 0.29) is 60.3 Å². The van der Waals surface area contributed by atoms with Crippen LogP contribution in [0.15, 0.2) is 0 Å². The summed E-state index contributed by atoms with van der Waals surface area (Å²) >= 11 is 0. The summed E-state index contributed by atoms with van der Waals surface area (Å²) in [6, 6.07) is 0. The van der Waals surface area contributed by atoms with E-state index in [1.807, 2.05) is 0 Å². The maximum atomic E-state index is 12.1. The van der Waals surface area contributed by atoms with Gasteiger partial charge in [-0.2, -0.15) is 0 Å². The average Bonchev–Trinajstić information content (AvgIpc) is 3.37. The molecule has 1 aliphatic heterocycles. The molecule has 0 aromatic rings. The predicted molar refractivity (Wildman–Crippen MR) is 170 cm³/mol. The van der Waals surface area contributed by atoms with E-state index in [2.05, 4.69) is 41.5 Å². The molecular formula is C37H62O8. The van der Waals surface area contributed by atoms with Crippen molar-refractivity contribution in [1.29, 1.82) is 0 Å². The van der Waals surface area contributed by atoms with Crippen LogP contribution in [0.2, 0.25) is 0 Å². The predicted octanol–water partition coefficient (Wildman–Crippen LogP) is 5.49. The fourth-order valence-electron chi connectivity index (χ4n) is 13.9. The highest BCUT2D eigenvalue weighted by atomic mass is 16.7. The highest BCUT2D eigenvalue weighted by molar-refractivity contribution is 5.66. The zero-order valence-electron chi connectivity index (χ0n) is 29.4. The number of carbonyl (C=O) groups is 1. The van der Waals surface area contributed by atoms with E-state index in [1.165, 1.54) is 32.6 Å². The minimum absolute atomic E-state index is 0.0105. The largest absolute Gasteiger partial charge is 0.457 e. The third kappa shape index (κ3) is 4.61. The van der Waals surface area contributed by atoms with E-state index in [9.17, 15) is 20.1 Å². The van der Waals surface area contributed by atoms with Crippen LogP contribution < -0.4 is 0 Å². The molecule has 6 rings (SSSR count). The second-order valence-corrected chi connectivity index (χ2v) is 17.9. The molecule has 45 heavy (non-hydrogen) atoms. The standard InChI is InChI=1S/C37H62O8/c1-21-18-24(31(33(6,7)41)43-23(3)40)44-25-19-35(9)27-11-10-26-32(4,5)28(45-29(20-39)42-17-16-38)12-13-36(26)22(2)37(27,36)15-14-34(35,8)30(21)25/h21-22,24-31,38-39,41H,10-20H2,1-9H3/t21?,22-,24-,25-,26?,27+,28+,29?,30?,31+,34-,35+,36?,37+/m1/s1. The lowest BCUT2D eigenvalue weighted by Crippen LogP contribution is -2.58. The van der Waals surface area contributed by atoms with Crippen molar-refractivity contribution in [3.8, 4) is 0 Å². The molecule has 0 radical (unpaired) electrons. The fourth-order valence-corrected chi connectivity index (χ4v) is 13.9. The first-order chi connectivity index (χ1) is 21.0. The molecule has 0 bridgehead atoms. The third-order valence-corrected chi connectivity index (χ3v) is 15.5. The van der Waals surface area contributed by atoms with Gasteiger partial charge in [-0.1, -0.05) is 41.5 Å². The van der Waals surface area contributed by atoms with Crippen molar-refractivity contribution in [3.63, 3.8) is 0 Å². The van der Waals surface area contributed by atoms with Crippen LogP contribution in [-0.4, -0.2) is 77.4 Å². The Labute approximate surface area is 271 Å². The highest BCUT2D eigenvalue weighted by Crippen LogP contribution is 2.91. The van der Waals surface area contributed by atoms with Crippen molar-refractivity contribution >= 4 is 5.97 Å². The van der Waals surface area contributed by atoms with Gasteiger partial charge < -0.3 is 34.3 Å². The van der Waals surface area contributed by atoms with E-state index in [0.717, 1.165) is 25.7 Å². The molecule has 0 aromatic heterocycles. The number of esters is 1. The van der Waals surface area contributed by atoms with Crippen molar-refractivity contribution in [2.75, 3.05) is 19.8 Å². The molecule has 2 spiro atoms. The van der Waals surface area contributed by atoms with Crippen LogP contribution in [0, 0.1) is 56.7 Å². The topological polar surface area (TPSA) is 115 Å². The van der Waals surface area contributed by atoms with Crippen LogP contribution in [0.25, 0.3) is 0 Å². The number of hydrogen-bond donors (Lipinski definition) is 3. The second-order valence-electron chi connectivity index (χ2n) is 17.9. The number of rotatable bonds is 9. The van der Waals surface area contributed by atoms with Gasteiger partial charge in [-0.3, -0.25) is 4.79 Å². The summed E-state index contributed by atoms with van der Waals surface area (Å²) in [5.74, 6) is 2.35. The summed E-state index contributed by atoms with van der Waals surface area (Å²) in [6.45, 7) is 19.6. The summed E-state index contributed by atoms with van der Waals surface area (Å²) < 4.78 is 24.8. The van der Waals surface area contributed by atoms with Gasteiger partial charge in [-0.05, 0) is 122 Å². The molecule has 8 heteroatoms. The van der Waals surface area contributed by atoms with E-state index in [1.54, 1.807) is 13.8 Å². The summed E-state index contributed by atoms with van der Waals surface area (Å²) in [6.07, 6.45) is 7.28. The van der Waals surface area contributed by atoms with Gasteiger partial charge in [0.2, 0.25) is 0 Å². The molecule has 0 aromatic carbocycles. The van der Waals surface area contributed by atoms with E-state index in [4.69, 9.17) is 18.9 Å². The lowest BCUT2D eigenvalue weighted by Gasteiger charge is -2.63. The van der Waals surface area contributed by atoms with E-state index >= 15 is 0 Å². The number of aliphatic hydroxyl groups excluding tert-OH is 2. The molecule has 258 valence electrons. The Morgan fingerprint density at radius 1 is 0.978 bits per heavy atom. The number of carbonyl (C=O) groups excluding carboxylic acids is 1. The molecule has 0 amide bonds. The van der Waals surface area contributed by atoms with Crippen LogP contribution in [-0.2, 0) is 23.7 Å². The molecule has 5 saturated carbocycles. The van der Waals surface area contributed by atoms with E-state index in [0.29, 0.717) is 40.4 Å². The Bertz CT molecular complexity index is 1130. The molecule has 1 saturated heterocycles. The summed E-state index contributed by atoms with van der Waals surface area (Å²) in [7, 11) is 0. The van der Waals surface area contributed by atoms with Gasteiger partial charge in [-0.15, -0.1) is 0 Å². The summed E-state index contributed by atoms with van der Waals surface area (Å²) in [5, 5.41) is 30.2. The number of ether oxygens (including phenoxy) is 4. The third-order valence-electron chi connectivity index (χ3n) is 15.5. The molecule has 5 aliphatic carbocycles. The first-order valence-electron chi connectivity index (χ1n) is 18.0. The highest BCUT2D eigenvalue weighted by Gasteiger charge is 2.86. The first-order valence-corrected chi connectivity index (χ1v) is 18.0. The molecule has 1 heterocycles. The minimum atomic E-state index is -1.18. The summed E-state index contributed by atoms with van der Waals surface area (Å²) in [4.78, 5) is 12.1. The van der Waals surface area contributed by atoms with Crippen LogP contribution in [0.4, 0.5) is 0 Å². The fraction of sp³-hybridized carbons (Fsp3) is 0.973. The van der Waals surface area contributed by atoms with Gasteiger partial charge in [0.1, 0.15) is 0 Å². The average molecular weight is 635 g/mol. The van der Waals surface area contributed by atoms with Gasteiger partial charge >= 0.3 is 5.97 Å². The lowest BCUT2D eigenvalue weighted by molar-refractivity contribution is -0.241. The quantitative estimate of drug-likeness (QED) is 0.225. The number of aliphatic hydroxyl groups is 3. The molecule has 6 fully saturated rings. The Kier molecular flexibility index (Phi) is 8.43. The number of hydrogen-bond acceptors (Lipinski definition) is 8. The van der Waals surface area contributed by atoms with Crippen molar-refractivity contribution < 1.29 is 39.1 Å². The maximum absolute atomic E-state index is 12.1. The van der Waals surface area contributed by atoms with Gasteiger partial charge in [-0.25, -0.2) is 0 Å². The second kappa shape index (κ2) is 11.1. The van der Waals surface area contributed by atoms with E-state index < -0.39 is 18.0 Å². The van der Waals surface area contributed by atoms with Gasteiger partial charge in [0.25, 0.3) is 0 Å². The van der Waals surface area contributed by atoms with Gasteiger partial charge in [0.15, 0.2) is 12.4 Å². The smallest absolute Gasteiger partial charge is 0.303 e. The zero-order valence-corrected chi connectivity index (χ0v) is 29.4. The monoisotopic (exact) mass is 634 g/mol. The van der Waals surface area contributed by atoms with Crippen molar-refractivity contribution in [2.24, 2.45) is 56.7 Å². The molecule has 6 aliphatic rings. The number of fused-ring (bicyclic) bond motifs is 4. The van der Waals surface area contributed by atoms with Gasteiger partial charge in [0, 0.05) is 6.92 Å². The first kappa shape index (κ1) is 34.1. The van der Waals surface area contributed by atoms with Crippen LogP contribution >= 0.6 is 0 Å². The molecule has 5 unspecified atom stereocenters. The minimum Gasteiger partial charge on any atom is -0.457 e. The Morgan fingerprint density at radius 2 is 1.64 bits per heavy atom. The van der Waals surface area contributed by atoms with Crippen molar-refractivity contribution in [1.82, 2.24) is 0 Å². The lowest BCUT2D eigenvalue weighted by atomic mass is 9.41. The van der Waals surface area contributed by atoms with Crippen LogP contribution in [0.3, 0.4) is 0 Å². The normalized spacial score (nSPS) is 49.4. The molecule has 3 N–H and O–H groups in total. The molecule has 8 nitrogen and oxygen atoms in total. The zero-order chi connectivity index (χ0) is 33.0. The van der Waals surface area contributed by atoms with Crippen molar-refractivity contribution in [2.45, 2.75) is 150 Å².